The first-order chi connectivity index (χ1) is 16.7. The minimum atomic E-state index is -3.87. The van der Waals surface area contributed by atoms with E-state index in [4.69, 9.17) is 16.1 Å². The molecule has 6 N–H and O–H groups in total. The molecule has 9 nitrogen and oxygen atoms in total. The smallest absolute Gasteiger partial charge is 0.243 e. The molecule has 0 bridgehead atoms. The molecule has 0 heterocycles. The highest BCUT2D eigenvalue weighted by molar-refractivity contribution is 7.89. The molecule has 184 valence electrons. The van der Waals surface area contributed by atoms with Crippen molar-refractivity contribution in [2.75, 3.05) is 23.3 Å². The summed E-state index contributed by atoms with van der Waals surface area (Å²) < 4.78 is 23.8. The molecule has 3 rings (SSSR count). The zero-order chi connectivity index (χ0) is 25.4. The van der Waals surface area contributed by atoms with Crippen molar-refractivity contribution in [3.8, 4) is 11.1 Å². The van der Waals surface area contributed by atoms with Gasteiger partial charge >= 0.3 is 0 Å². The molecule has 0 radical (unpaired) electrons. The fourth-order valence-corrected chi connectivity index (χ4v) is 4.39. The minimum Gasteiger partial charge on any atom is -0.409 e. The third-order valence-corrected chi connectivity index (χ3v) is 6.37. The third kappa shape index (κ3) is 6.81. The molecule has 3 aromatic carbocycles. The number of unbranched alkanes of at least 4 members (excludes halogenated alkanes) is 1. The van der Waals surface area contributed by atoms with E-state index in [2.05, 4.69) is 17.4 Å². The van der Waals surface area contributed by atoms with E-state index in [1.54, 1.807) is 60.7 Å². The number of carbonyl (C=O) groups excluding carboxylic acids is 1. The van der Waals surface area contributed by atoms with Crippen LogP contribution in [0, 0.1) is 0 Å². The summed E-state index contributed by atoms with van der Waals surface area (Å²) in [7, 11) is -3.87. The van der Waals surface area contributed by atoms with Crippen LogP contribution >= 0.6 is 0 Å². The van der Waals surface area contributed by atoms with Crippen LogP contribution in [0.4, 0.5) is 11.4 Å². The lowest BCUT2D eigenvalue weighted by Crippen LogP contribution is -2.34. The predicted octanol–water partition coefficient (Wildman–Crippen LogP) is 3.34. The van der Waals surface area contributed by atoms with Crippen LogP contribution in [0.1, 0.15) is 25.3 Å². The first-order valence-electron chi connectivity index (χ1n) is 11.1. The quantitative estimate of drug-likeness (QED) is 0.147. The first-order valence-corrected chi connectivity index (χ1v) is 12.6. The summed E-state index contributed by atoms with van der Waals surface area (Å²) in [6, 6.07) is 20.5. The average molecular weight is 496 g/mol. The van der Waals surface area contributed by atoms with E-state index in [1.165, 1.54) is 6.07 Å². The van der Waals surface area contributed by atoms with Crippen LogP contribution in [0.2, 0.25) is 0 Å². The number of sulfonamides is 1. The maximum absolute atomic E-state index is 12.8. The third-order valence-electron chi connectivity index (χ3n) is 5.40. The Bertz CT molecular complexity index is 1310. The van der Waals surface area contributed by atoms with Crippen LogP contribution in [0.3, 0.4) is 0 Å². The van der Waals surface area contributed by atoms with Crippen LogP contribution in [-0.2, 0) is 14.8 Å². The number of anilines is 2. The van der Waals surface area contributed by atoms with E-state index in [-0.39, 0.29) is 23.2 Å². The SMILES string of the molecule is CCCCN(CC(=O)Nc1ccc(-c2ccccc2S(N)(=O)=O)cc1)c1cccc(C(N)=NO)c1. The van der Waals surface area contributed by atoms with Gasteiger partial charge in [0.1, 0.15) is 0 Å². The number of nitrogens with zero attached hydrogens (tertiary/aromatic N) is 2. The van der Waals surface area contributed by atoms with Crippen molar-refractivity contribution in [2.24, 2.45) is 16.0 Å². The molecule has 35 heavy (non-hydrogen) atoms. The highest BCUT2D eigenvalue weighted by Gasteiger charge is 2.16. The average Bonchev–Trinajstić information content (AvgIpc) is 2.86. The van der Waals surface area contributed by atoms with Gasteiger partial charge in [0.2, 0.25) is 15.9 Å². The molecule has 0 saturated carbocycles. The van der Waals surface area contributed by atoms with Gasteiger partial charge in [0.05, 0.1) is 11.4 Å². The molecule has 0 atom stereocenters. The lowest BCUT2D eigenvalue weighted by Gasteiger charge is -2.24. The standard InChI is InChI=1S/C25H29N5O4S/c1-2-3-15-30(21-8-6-7-19(16-21)25(26)29-32)17-24(31)28-20-13-11-18(12-14-20)22-9-4-5-10-23(22)35(27,33)34/h4-14,16,32H,2-3,15,17H2,1H3,(H2,26,29)(H,28,31)(H2,27,33,34). The van der Waals surface area contributed by atoms with Gasteiger partial charge in [0.15, 0.2) is 5.84 Å². The Morgan fingerprint density at radius 1 is 1.06 bits per heavy atom. The zero-order valence-electron chi connectivity index (χ0n) is 19.4. The number of carbonyl (C=O) groups is 1. The van der Waals surface area contributed by atoms with E-state index in [1.807, 2.05) is 11.0 Å². The summed E-state index contributed by atoms with van der Waals surface area (Å²) in [5.74, 6) is -0.219. The summed E-state index contributed by atoms with van der Waals surface area (Å²) in [5.41, 5.74) is 8.79. The predicted molar refractivity (Wildman–Crippen MR) is 138 cm³/mol. The topological polar surface area (TPSA) is 151 Å². The Kier molecular flexibility index (Phi) is 8.45. The maximum Gasteiger partial charge on any atom is 0.243 e. The number of nitrogens with one attached hydrogen (secondary N) is 1. The van der Waals surface area contributed by atoms with Crippen molar-refractivity contribution >= 4 is 33.1 Å². The highest BCUT2D eigenvalue weighted by Crippen LogP contribution is 2.27. The van der Waals surface area contributed by atoms with Crippen molar-refractivity contribution < 1.29 is 18.4 Å². The van der Waals surface area contributed by atoms with Crippen molar-refractivity contribution in [3.63, 3.8) is 0 Å². The number of rotatable bonds is 10. The highest BCUT2D eigenvalue weighted by atomic mass is 32.2. The summed E-state index contributed by atoms with van der Waals surface area (Å²) >= 11 is 0. The van der Waals surface area contributed by atoms with E-state index in [0.717, 1.165) is 18.5 Å². The van der Waals surface area contributed by atoms with Gasteiger partial charge in [-0.2, -0.15) is 0 Å². The van der Waals surface area contributed by atoms with Crippen molar-refractivity contribution in [1.82, 2.24) is 0 Å². The van der Waals surface area contributed by atoms with Crippen LogP contribution in [0.5, 0.6) is 0 Å². The monoisotopic (exact) mass is 495 g/mol. The Morgan fingerprint density at radius 2 is 1.77 bits per heavy atom. The van der Waals surface area contributed by atoms with E-state index < -0.39 is 10.0 Å². The molecule has 0 unspecified atom stereocenters. The molecule has 0 aromatic heterocycles. The number of oxime groups is 1. The lowest BCUT2D eigenvalue weighted by atomic mass is 10.1. The molecule has 0 aliphatic heterocycles. The number of nitrogens with two attached hydrogens (primary N) is 2. The van der Waals surface area contributed by atoms with E-state index in [0.29, 0.717) is 28.9 Å². The molecule has 0 fully saturated rings. The largest absolute Gasteiger partial charge is 0.409 e. The lowest BCUT2D eigenvalue weighted by molar-refractivity contribution is -0.115. The van der Waals surface area contributed by atoms with Gasteiger partial charge in [0.25, 0.3) is 0 Å². The van der Waals surface area contributed by atoms with Crippen LogP contribution < -0.4 is 21.1 Å². The second-order valence-electron chi connectivity index (χ2n) is 7.98. The molecule has 3 aromatic rings. The number of hydrogen-bond donors (Lipinski definition) is 4. The van der Waals surface area contributed by atoms with Crippen molar-refractivity contribution in [3.05, 3.63) is 78.4 Å². The fourth-order valence-electron chi connectivity index (χ4n) is 3.63. The Balaban J connectivity index is 1.75. The minimum absolute atomic E-state index is 0.00385. The number of benzene rings is 3. The summed E-state index contributed by atoms with van der Waals surface area (Å²) in [6.45, 7) is 2.84. The number of amides is 1. The molecule has 0 aliphatic carbocycles. The number of primary sulfonamides is 1. The number of amidine groups is 1. The maximum atomic E-state index is 12.8. The van der Waals surface area contributed by atoms with Gasteiger partial charge in [-0.05, 0) is 42.3 Å². The number of hydrogen-bond acceptors (Lipinski definition) is 6. The van der Waals surface area contributed by atoms with Gasteiger partial charge in [-0.15, -0.1) is 0 Å². The molecular formula is C25H29N5O4S. The normalized spacial score (nSPS) is 11.8. The second-order valence-corrected chi connectivity index (χ2v) is 9.51. The van der Waals surface area contributed by atoms with Gasteiger partial charge < -0.3 is 21.2 Å². The van der Waals surface area contributed by atoms with Crippen molar-refractivity contribution in [2.45, 2.75) is 24.7 Å². The molecule has 0 spiro atoms. The molecule has 1 amide bonds. The van der Waals surface area contributed by atoms with E-state index >= 15 is 0 Å². The van der Waals surface area contributed by atoms with Crippen LogP contribution in [0.15, 0.2) is 82.8 Å². The van der Waals surface area contributed by atoms with Gasteiger partial charge in [0, 0.05) is 29.0 Å². The Hall–Kier alpha value is -3.89. The molecular weight excluding hydrogens is 466 g/mol. The van der Waals surface area contributed by atoms with Gasteiger partial charge in [-0.3, -0.25) is 4.79 Å². The fraction of sp³-hybridized carbons (Fsp3) is 0.200. The molecule has 10 heteroatoms. The zero-order valence-corrected chi connectivity index (χ0v) is 20.2. The van der Waals surface area contributed by atoms with Crippen LogP contribution in [0.25, 0.3) is 11.1 Å². The summed E-state index contributed by atoms with van der Waals surface area (Å²) in [6.07, 6.45) is 1.85. The molecule has 0 aliphatic rings. The summed E-state index contributed by atoms with van der Waals surface area (Å²) in [5, 5.41) is 20.2. The van der Waals surface area contributed by atoms with Crippen molar-refractivity contribution in [1.29, 1.82) is 0 Å². The Labute approximate surface area is 205 Å². The van der Waals surface area contributed by atoms with Gasteiger partial charge in [-0.25, -0.2) is 13.6 Å². The van der Waals surface area contributed by atoms with Gasteiger partial charge in [-0.1, -0.05) is 61.0 Å². The summed E-state index contributed by atoms with van der Waals surface area (Å²) in [4.78, 5) is 14.8. The Morgan fingerprint density at radius 3 is 2.43 bits per heavy atom. The first kappa shape index (κ1) is 25.7. The van der Waals surface area contributed by atoms with Crippen LogP contribution in [-0.4, -0.2) is 38.5 Å². The molecule has 0 saturated heterocycles. The second kappa shape index (κ2) is 11.5. The van der Waals surface area contributed by atoms with E-state index in [9.17, 15) is 13.2 Å².